The zero-order chi connectivity index (χ0) is 24.3. The SMILES string of the molecule is COC(=O)C1(Cc2ccc(O)c(CC=C(C)C)c2)OC(=O)C(OC)=C1c1ccc(O)c(O)c1. The third kappa shape index (κ3) is 4.50. The molecule has 0 radical (unpaired) electrons. The minimum atomic E-state index is -1.91. The lowest BCUT2D eigenvalue weighted by atomic mass is 9.82. The van der Waals surface area contributed by atoms with Gasteiger partial charge in [0.25, 0.3) is 0 Å². The number of phenolic OH excluding ortho intramolecular Hbond substituents is 3. The summed E-state index contributed by atoms with van der Waals surface area (Å²) in [5.74, 6) is -2.63. The smallest absolute Gasteiger partial charge is 0.375 e. The summed E-state index contributed by atoms with van der Waals surface area (Å²) in [7, 11) is 2.44. The Morgan fingerprint density at radius 2 is 1.73 bits per heavy atom. The van der Waals surface area contributed by atoms with Gasteiger partial charge < -0.3 is 29.5 Å². The first-order valence-corrected chi connectivity index (χ1v) is 10.2. The van der Waals surface area contributed by atoms with Crippen LogP contribution in [0.1, 0.15) is 30.5 Å². The maximum absolute atomic E-state index is 13.1. The highest BCUT2D eigenvalue weighted by molar-refractivity contribution is 6.11. The Morgan fingerprint density at radius 3 is 2.33 bits per heavy atom. The van der Waals surface area contributed by atoms with Gasteiger partial charge in [0.15, 0.2) is 11.5 Å². The maximum atomic E-state index is 13.1. The van der Waals surface area contributed by atoms with E-state index in [9.17, 15) is 24.9 Å². The predicted octanol–water partition coefficient (Wildman–Crippen LogP) is 3.38. The van der Waals surface area contributed by atoms with Crippen molar-refractivity contribution in [1.29, 1.82) is 0 Å². The Morgan fingerprint density at radius 1 is 1.03 bits per heavy atom. The molecule has 1 atom stereocenters. The van der Waals surface area contributed by atoms with Crippen LogP contribution < -0.4 is 0 Å². The molecule has 2 aromatic carbocycles. The number of hydrogen-bond donors (Lipinski definition) is 3. The topological polar surface area (TPSA) is 123 Å². The minimum absolute atomic E-state index is 0.0658. The molecular weight excluding hydrogens is 428 g/mol. The maximum Gasteiger partial charge on any atom is 0.375 e. The van der Waals surface area contributed by atoms with E-state index in [4.69, 9.17) is 14.2 Å². The van der Waals surface area contributed by atoms with Crippen molar-refractivity contribution < 1.29 is 39.1 Å². The van der Waals surface area contributed by atoms with Gasteiger partial charge in [0.1, 0.15) is 5.75 Å². The predicted molar refractivity (Wildman–Crippen MR) is 119 cm³/mol. The Bertz CT molecular complexity index is 1160. The number of ether oxygens (including phenoxy) is 3. The molecule has 0 aliphatic carbocycles. The Balaban J connectivity index is 2.17. The van der Waals surface area contributed by atoms with E-state index in [0.717, 1.165) is 5.57 Å². The Labute approximate surface area is 191 Å². The van der Waals surface area contributed by atoms with Crippen LogP contribution in [0, 0.1) is 0 Å². The van der Waals surface area contributed by atoms with Crippen LogP contribution in [0.15, 0.2) is 53.8 Å². The molecule has 1 aliphatic heterocycles. The minimum Gasteiger partial charge on any atom is -0.508 e. The van der Waals surface area contributed by atoms with Crippen molar-refractivity contribution in [3.05, 3.63) is 70.5 Å². The van der Waals surface area contributed by atoms with Crippen molar-refractivity contribution >= 4 is 17.5 Å². The van der Waals surface area contributed by atoms with Gasteiger partial charge in [-0.2, -0.15) is 0 Å². The van der Waals surface area contributed by atoms with Crippen LogP contribution in [0.5, 0.6) is 17.2 Å². The number of carbonyl (C=O) groups excluding carboxylic acids is 2. The summed E-state index contributed by atoms with van der Waals surface area (Å²) in [6, 6.07) is 8.73. The summed E-state index contributed by atoms with van der Waals surface area (Å²) in [6.45, 7) is 3.89. The van der Waals surface area contributed by atoms with Gasteiger partial charge >= 0.3 is 11.9 Å². The largest absolute Gasteiger partial charge is 0.508 e. The van der Waals surface area contributed by atoms with Crippen LogP contribution in [0.3, 0.4) is 0 Å². The van der Waals surface area contributed by atoms with Crippen LogP contribution in [0.2, 0.25) is 0 Å². The van der Waals surface area contributed by atoms with Crippen molar-refractivity contribution in [2.45, 2.75) is 32.3 Å². The second-order valence-corrected chi connectivity index (χ2v) is 7.95. The molecule has 0 aromatic heterocycles. The Kier molecular flexibility index (Phi) is 6.67. The Hall–Kier alpha value is -3.94. The highest BCUT2D eigenvalue weighted by atomic mass is 16.6. The van der Waals surface area contributed by atoms with Crippen LogP contribution in [-0.2, 0) is 36.6 Å². The second-order valence-electron chi connectivity index (χ2n) is 7.95. The molecular formula is C25H26O8. The number of aromatic hydroxyl groups is 3. The molecule has 8 heteroatoms. The molecule has 2 aromatic rings. The molecule has 0 saturated carbocycles. The fourth-order valence-corrected chi connectivity index (χ4v) is 3.79. The third-order valence-electron chi connectivity index (χ3n) is 5.39. The number of methoxy groups -OCH3 is 2. The lowest BCUT2D eigenvalue weighted by molar-refractivity contribution is -0.169. The highest BCUT2D eigenvalue weighted by Gasteiger charge is 2.56. The van der Waals surface area contributed by atoms with Crippen molar-refractivity contribution in [2.75, 3.05) is 14.2 Å². The van der Waals surface area contributed by atoms with Gasteiger partial charge in [0.2, 0.25) is 11.4 Å². The summed E-state index contributed by atoms with van der Waals surface area (Å²) in [4.78, 5) is 25.8. The van der Waals surface area contributed by atoms with E-state index in [1.165, 1.54) is 38.5 Å². The number of hydrogen-bond acceptors (Lipinski definition) is 8. The molecule has 174 valence electrons. The monoisotopic (exact) mass is 454 g/mol. The fraction of sp³-hybridized carbons (Fsp3) is 0.280. The van der Waals surface area contributed by atoms with Crippen molar-refractivity contribution in [3.63, 3.8) is 0 Å². The first-order chi connectivity index (χ1) is 15.6. The lowest BCUT2D eigenvalue weighted by Crippen LogP contribution is -2.44. The standard InChI is InChI=1S/C25H26O8/c1-14(2)5-7-16-11-15(6-9-18(16)26)13-25(24(30)32-4)21(22(31-3)23(29)33-25)17-8-10-19(27)20(28)12-17/h5-6,8-12,26-28H,7,13H2,1-4H3. The quantitative estimate of drug-likeness (QED) is 0.331. The highest BCUT2D eigenvalue weighted by Crippen LogP contribution is 2.45. The normalized spacial score (nSPS) is 17.5. The van der Waals surface area contributed by atoms with Crippen molar-refractivity contribution in [2.24, 2.45) is 0 Å². The summed E-state index contributed by atoms with van der Waals surface area (Å²) in [6.07, 6.45) is 2.32. The molecule has 0 saturated heterocycles. The van der Waals surface area contributed by atoms with Crippen LogP contribution in [0.25, 0.3) is 5.57 Å². The molecule has 8 nitrogen and oxygen atoms in total. The molecule has 0 amide bonds. The molecule has 1 aliphatic rings. The van der Waals surface area contributed by atoms with Gasteiger partial charge in [0.05, 0.1) is 19.8 Å². The van der Waals surface area contributed by atoms with E-state index in [1.807, 2.05) is 19.9 Å². The zero-order valence-electron chi connectivity index (χ0n) is 18.8. The van der Waals surface area contributed by atoms with E-state index in [1.54, 1.807) is 12.1 Å². The molecule has 3 N–H and O–H groups in total. The molecule has 0 fully saturated rings. The van der Waals surface area contributed by atoms with Gasteiger partial charge in [-0.3, -0.25) is 0 Å². The van der Waals surface area contributed by atoms with Gasteiger partial charge in [-0.25, -0.2) is 9.59 Å². The summed E-state index contributed by atoms with van der Waals surface area (Å²) in [5.41, 5.74) is 0.709. The average Bonchev–Trinajstić information content (AvgIpc) is 3.07. The number of benzene rings is 2. The van der Waals surface area contributed by atoms with Crippen molar-refractivity contribution in [1.82, 2.24) is 0 Å². The van der Waals surface area contributed by atoms with E-state index in [2.05, 4.69) is 0 Å². The van der Waals surface area contributed by atoms with Gasteiger partial charge in [0, 0.05) is 6.42 Å². The van der Waals surface area contributed by atoms with E-state index >= 15 is 0 Å². The molecule has 3 rings (SSSR count). The number of rotatable bonds is 7. The number of cyclic esters (lactones) is 1. The van der Waals surface area contributed by atoms with Crippen LogP contribution >= 0.6 is 0 Å². The van der Waals surface area contributed by atoms with Crippen molar-refractivity contribution in [3.8, 4) is 17.2 Å². The summed E-state index contributed by atoms with van der Waals surface area (Å²) < 4.78 is 15.9. The molecule has 1 unspecified atom stereocenters. The third-order valence-corrected chi connectivity index (χ3v) is 5.39. The second kappa shape index (κ2) is 9.28. The molecule has 1 heterocycles. The summed E-state index contributed by atoms with van der Waals surface area (Å²) >= 11 is 0. The molecule has 0 spiro atoms. The average molecular weight is 454 g/mol. The van der Waals surface area contributed by atoms with Gasteiger partial charge in [-0.05, 0) is 55.2 Å². The first kappa shape index (κ1) is 23.7. The lowest BCUT2D eigenvalue weighted by Gasteiger charge is -2.28. The number of carbonyl (C=O) groups is 2. The number of allylic oxidation sites excluding steroid dienone is 2. The number of phenols is 3. The van der Waals surface area contributed by atoms with Crippen LogP contribution in [-0.4, -0.2) is 47.1 Å². The molecule has 0 bridgehead atoms. The number of esters is 2. The summed E-state index contributed by atoms with van der Waals surface area (Å²) in [5, 5.41) is 30.0. The van der Waals surface area contributed by atoms with E-state index in [0.29, 0.717) is 17.5 Å². The van der Waals surface area contributed by atoms with Gasteiger partial charge in [-0.1, -0.05) is 29.8 Å². The van der Waals surface area contributed by atoms with E-state index < -0.39 is 23.3 Å². The fourth-order valence-electron chi connectivity index (χ4n) is 3.79. The zero-order valence-corrected chi connectivity index (χ0v) is 18.8. The molecule has 33 heavy (non-hydrogen) atoms. The first-order valence-electron chi connectivity index (χ1n) is 10.2. The van der Waals surface area contributed by atoms with Gasteiger partial charge in [-0.15, -0.1) is 0 Å². The van der Waals surface area contributed by atoms with Crippen LogP contribution in [0.4, 0.5) is 0 Å². The van der Waals surface area contributed by atoms with E-state index in [-0.39, 0.29) is 34.8 Å².